The van der Waals surface area contributed by atoms with Crippen LogP contribution in [0, 0.1) is 5.92 Å². The molecule has 1 heterocycles. The number of nitrogens with one attached hydrogen (secondary N) is 2. The standard InChI is InChI=1S/C18H29N3O3.HI/c1-14(2)7-11-22-12-8-20-18(19-3)21-15-5-6-16-17(13-15)24-10-4-9-23-16;/h5-6,13-14H,4,7-12H2,1-3H3,(H2,19,20,21);1H. The Balaban J connectivity index is 0.00000312. The van der Waals surface area contributed by atoms with E-state index in [1.807, 2.05) is 18.2 Å². The molecule has 6 nitrogen and oxygen atoms in total. The Morgan fingerprint density at radius 1 is 1.20 bits per heavy atom. The summed E-state index contributed by atoms with van der Waals surface area (Å²) in [6, 6.07) is 5.82. The summed E-state index contributed by atoms with van der Waals surface area (Å²) < 4.78 is 16.9. The first-order valence-electron chi connectivity index (χ1n) is 8.64. The topological polar surface area (TPSA) is 64.1 Å². The van der Waals surface area contributed by atoms with Gasteiger partial charge in [0.05, 0.1) is 19.8 Å². The molecule has 7 heteroatoms. The summed E-state index contributed by atoms with van der Waals surface area (Å²) in [6.07, 6.45) is 1.99. The maximum Gasteiger partial charge on any atom is 0.195 e. The summed E-state index contributed by atoms with van der Waals surface area (Å²) in [5.41, 5.74) is 0.910. The quantitative estimate of drug-likeness (QED) is 0.281. The lowest BCUT2D eigenvalue weighted by molar-refractivity contribution is 0.128. The van der Waals surface area contributed by atoms with Crippen molar-refractivity contribution in [3.05, 3.63) is 18.2 Å². The summed E-state index contributed by atoms with van der Waals surface area (Å²) in [5.74, 6) is 2.94. The maximum atomic E-state index is 5.70. The fourth-order valence-corrected chi connectivity index (χ4v) is 2.22. The molecule has 0 radical (unpaired) electrons. The number of hydrogen-bond donors (Lipinski definition) is 2. The molecule has 0 amide bonds. The zero-order valence-electron chi connectivity index (χ0n) is 15.3. The number of guanidine groups is 1. The van der Waals surface area contributed by atoms with E-state index in [0.29, 0.717) is 38.2 Å². The first-order valence-corrected chi connectivity index (χ1v) is 8.64. The number of hydrogen-bond acceptors (Lipinski definition) is 4. The van der Waals surface area contributed by atoms with Crippen LogP contribution in [-0.4, -0.2) is 46.0 Å². The molecule has 2 N–H and O–H groups in total. The highest BCUT2D eigenvalue weighted by molar-refractivity contribution is 14.0. The van der Waals surface area contributed by atoms with Crippen LogP contribution in [0.5, 0.6) is 11.5 Å². The fourth-order valence-electron chi connectivity index (χ4n) is 2.22. The first kappa shape index (κ1) is 21.8. The molecule has 0 unspecified atom stereocenters. The fraction of sp³-hybridized carbons (Fsp3) is 0.611. The molecule has 1 aromatic rings. The van der Waals surface area contributed by atoms with Crippen LogP contribution in [0.25, 0.3) is 0 Å². The van der Waals surface area contributed by atoms with Crippen molar-refractivity contribution in [1.82, 2.24) is 5.32 Å². The number of aliphatic imine (C=N–C) groups is 1. The van der Waals surface area contributed by atoms with Gasteiger partial charge in [-0.25, -0.2) is 0 Å². The van der Waals surface area contributed by atoms with Gasteiger partial charge in [-0.15, -0.1) is 24.0 Å². The molecular formula is C18H30IN3O3. The molecular weight excluding hydrogens is 433 g/mol. The molecule has 0 spiro atoms. The molecule has 2 rings (SSSR count). The second kappa shape index (κ2) is 12.2. The lowest BCUT2D eigenvalue weighted by Gasteiger charge is -2.14. The van der Waals surface area contributed by atoms with Gasteiger partial charge in [-0.2, -0.15) is 0 Å². The maximum absolute atomic E-state index is 5.70. The molecule has 0 bridgehead atoms. The van der Waals surface area contributed by atoms with Crippen LogP contribution in [0.2, 0.25) is 0 Å². The molecule has 0 aliphatic carbocycles. The van der Waals surface area contributed by atoms with Gasteiger partial charge >= 0.3 is 0 Å². The zero-order valence-corrected chi connectivity index (χ0v) is 17.7. The molecule has 1 aliphatic heterocycles. The third-order valence-electron chi connectivity index (χ3n) is 3.61. The van der Waals surface area contributed by atoms with Gasteiger partial charge in [-0.05, 0) is 24.5 Å². The number of benzene rings is 1. The van der Waals surface area contributed by atoms with Crippen molar-refractivity contribution in [3.8, 4) is 11.5 Å². The molecule has 0 saturated carbocycles. The molecule has 1 aromatic carbocycles. The summed E-state index contributed by atoms with van der Waals surface area (Å²) >= 11 is 0. The van der Waals surface area contributed by atoms with E-state index in [-0.39, 0.29) is 24.0 Å². The summed E-state index contributed by atoms with van der Waals surface area (Å²) in [5, 5.41) is 6.50. The van der Waals surface area contributed by atoms with Gasteiger partial charge < -0.3 is 24.8 Å². The molecule has 142 valence electrons. The third kappa shape index (κ3) is 8.13. The Morgan fingerprint density at radius 2 is 1.96 bits per heavy atom. The Morgan fingerprint density at radius 3 is 2.68 bits per heavy atom. The third-order valence-corrected chi connectivity index (χ3v) is 3.61. The highest BCUT2D eigenvalue weighted by atomic mass is 127. The Hall–Kier alpha value is -1.22. The van der Waals surface area contributed by atoms with Crippen LogP contribution in [0.3, 0.4) is 0 Å². The van der Waals surface area contributed by atoms with E-state index in [1.54, 1.807) is 7.05 Å². The normalized spacial score (nSPS) is 13.8. The van der Waals surface area contributed by atoms with Gasteiger partial charge in [0.25, 0.3) is 0 Å². The van der Waals surface area contributed by atoms with E-state index in [1.165, 1.54) is 0 Å². The molecule has 1 aliphatic rings. The SMILES string of the molecule is CN=C(NCCOCCC(C)C)Nc1ccc2c(c1)OCCCO2.I. The van der Waals surface area contributed by atoms with E-state index in [0.717, 1.165) is 36.6 Å². The lowest BCUT2D eigenvalue weighted by atomic mass is 10.1. The van der Waals surface area contributed by atoms with Gasteiger partial charge in [0, 0.05) is 38.4 Å². The average molecular weight is 463 g/mol. The Labute approximate surface area is 167 Å². The molecule has 0 saturated heterocycles. The van der Waals surface area contributed by atoms with E-state index in [9.17, 15) is 0 Å². The summed E-state index contributed by atoms with van der Waals surface area (Å²) in [7, 11) is 1.75. The minimum atomic E-state index is 0. The highest BCUT2D eigenvalue weighted by Gasteiger charge is 2.11. The van der Waals surface area contributed by atoms with Crippen LogP contribution < -0.4 is 20.1 Å². The van der Waals surface area contributed by atoms with Crippen molar-refractivity contribution >= 4 is 35.6 Å². The number of fused-ring (bicyclic) bond motifs is 1. The molecule has 0 atom stereocenters. The van der Waals surface area contributed by atoms with Gasteiger partial charge in [-0.1, -0.05) is 13.8 Å². The van der Waals surface area contributed by atoms with Crippen LogP contribution in [0.1, 0.15) is 26.7 Å². The second-order valence-corrected chi connectivity index (χ2v) is 6.13. The summed E-state index contributed by atoms with van der Waals surface area (Å²) in [4.78, 5) is 4.23. The van der Waals surface area contributed by atoms with Crippen LogP contribution in [-0.2, 0) is 4.74 Å². The predicted octanol–water partition coefficient (Wildman–Crippen LogP) is 3.52. The van der Waals surface area contributed by atoms with E-state index < -0.39 is 0 Å². The van der Waals surface area contributed by atoms with Crippen molar-refractivity contribution < 1.29 is 14.2 Å². The van der Waals surface area contributed by atoms with Gasteiger partial charge in [0.15, 0.2) is 17.5 Å². The minimum Gasteiger partial charge on any atom is -0.490 e. The number of halogens is 1. The van der Waals surface area contributed by atoms with Crippen molar-refractivity contribution in [3.63, 3.8) is 0 Å². The van der Waals surface area contributed by atoms with Crippen LogP contribution in [0.15, 0.2) is 23.2 Å². The summed E-state index contributed by atoms with van der Waals surface area (Å²) in [6.45, 7) is 7.94. The molecule has 0 aromatic heterocycles. The van der Waals surface area contributed by atoms with Crippen molar-refractivity contribution in [2.45, 2.75) is 26.7 Å². The monoisotopic (exact) mass is 463 g/mol. The smallest absolute Gasteiger partial charge is 0.195 e. The number of nitrogens with zero attached hydrogens (tertiary/aromatic N) is 1. The van der Waals surface area contributed by atoms with E-state index in [4.69, 9.17) is 14.2 Å². The number of rotatable bonds is 7. The van der Waals surface area contributed by atoms with Crippen molar-refractivity contribution in [1.29, 1.82) is 0 Å². The van der Waals surface area contributed by atoms with Crippen LogP contribution >= 0.6 is 24.0 Å². The van der Waals surface area contributed by atoms with Gasteiger partial charge in [0.2, 0.25) is 0 Å². The first-order chi connectivity index (χ1) is 11.7. The number of ether oxygens (including phenoxy) is 3. The lowest BCUT2D eigenvalue weighted by Crippen LogP contribution is -2.33. The molecule has 0 fully saturated rings. The van der Waals surface area contributed by atoms with Crippen molar-refractivity contribution in [2.24, 2.45) is 10.9 Å². The van der Waals surface area contributed by atoms with E-state index >= 15 is 0 Å². The zero-order chi connectivity index (χ0) is 17.2. The minimum absolute atomic E-state index is 0. The Bertz CT molecular complexity index is 538. The van der Waals surface area contributed by atoms with Crippen LogP contribution in [0.4, 0.5) is 5.69 Å². The average Bonchev–Trinajstić information content (AvgIpc) is 2.81. The Kier molecular flexibility index (Phi) is 10.6. The predicted molar refractivity (Wildman–Crippen MR) is 113 cm³/mol. The largest absolute Gasteiger partial charge is 0.490 e. The number of anilines is 1. The second-order valence-electron chi connectivity index (χ2n) is 6.13. The van der Waals surface area contributed by atoms with E-state index in [2.05, 4.69) is 29.5 Å². The highest BCUT2D eigenvalue weighted by Crippen LogP contribution is 2.32. The van der Waals surface area contributed by atoms with Gasteiger partial charge in [-0.3, -0.25) is 4.99 Å². The van der Waals surface area contributed by atoms with Gasteiger partial charge in [0.1, 0.15) is 0 Å². The van der Waals surface area contributed by atoms with Crippen molar-refractivity contribution in [2.75, 3.05) is 45.3 Å². The molecule has 25 heavy (non-hydrogen) atoms.